The van der Waals surface area contributed by atoms with Crippen molar-refractivity contribution in [3.05, 3.63) is 34.4 Å². The second-order valence-electron chi connectivity index (χ2n) is 6.78. The van der Waals surface area contributed by atoms with E-state index in [4.69, 9.17) is 20.9 Å². The monoisotopic (exact) mass is 388 g/mol. The molecule has 1 fully saturated rings. The molecule has 2 aromatic rings. The molecule has 0 atom stereocenters. The number of nitrogens with one attached hydrogen (secondary N) is 1. The minimum Gasteiger partial charge on any atom is -0.379 e. The quantitative estimate of drug-likeness (QED) is 0.843. The van der Waals surface area contributed by atoms with E-state index in [1.807, 2.05) is 19.1 Å². The van der Waals surface area contributed by atoms with E-state index < -0.39 is 0 Å². The minimum atomic E-state index is -0.362. The molecule has 0 aromatic carbocycles. The summed E-state index contributed by atoms with van der Waals surface area (Å²) < 4.78 is 10.8. The van der Waals surface area contributed by atoms with Crippen LogP contribution in [0.25, 0.3) is 17.5 Å². The zero-order valence-electron chi connectivity index (χ0n) is 15.1. The Kier molecular flexibility index (Phi) is 5.22. The van der Waals surface area contributed by atoms with E-state index in [-0.39, 0.29) is 23.7 Å². The number of fused-ring (bicyclic) bond motifs is 1. The van der Waals surface area contributed by atoms with Crippen LogP contribution in [0, 0.1) is 0 Å². The minimum absolute atomic E-state index is 0.0657. The molecule has 2 aliphatic carbocycles. The van der Waals surface area contributed by atoms with Crippen LogP contribution in [0.2, 0.25) is 5.02 Å². The van der Waals surface area contributed by atoms with Gasteiger partial charge in [-0.1, -0.05) is 28.9 Å². The highest BCUT2D eigenvalue weighted by molar-refractivity contribution is 6.34. The number of ether oxygens (including phenoxy) is 1. The molecule has 2 aromatic heterocycles. The molecule has 0 aliphatic heterocycles. The van der Waals surface area contributed by atoms with Gasteiger partial charge in [0.1, 0.15) is 0 Å². The zero-order valence-corrected chi connectivity index (χ0v) is 15.8. The van der Waals surface area contributed by atoms with E-state index in [1.165, 1.54) is 0 Å². The maximum absolute atomic E-state index is 12.4. The molecule has 0 radical (unpaired) electrons. The number of halogens is 1. The van der Waals surface area contributed by atoms with Crippen LogP contribution in [0.4, 0.5) is 0 Å². The lowest BCUT2D eigenvalue weighted by atomic mass is 9.93. The molecule has 142 valence electrons. The van der Waals surface area contributed by atoms with E-state index in [0.717, 1.165) is 50.0 Å². The number of allylic oxidation sites excluding steroid dienone is 1. The zero-order chi connectivity index (χ0) is 18.8. The first-order valence-electron chi connectivity index (χ1n) is 9.26. The van der Waals surface area contributed by atoms with Crippen LogP contribution in [-0.2, 0) is 11.2 Å². The molecule has 2 aliphatic rings. The largest absolute Gasteiger partial charge is 0.379 e. The van der Waals surface area contributed by atoms with E-state index >= 15 is 0 Å². The summed E-state index contributed by atoms with van der Waals surface area (Å²) in [6.07, 6.45) is 10.3. The van der Waals surface area contributed by atoms with Gasteiger partial charge in [0, 0.05) is 30.8 Å². The fourth-order valence-electron chi connectivity index (χ4n) is 3.60. The summed E-state index contributed by atoms with van der Waals surface area (Å²) in [7, 11) is 0. The van der Waals surface area contributed by atoms with Crippen molar-refractivity contribution in [2.24, 2.45) is 0 Å². The molecule has 8 heteroatoms. The maximum Gasteiger partial charge on any atom is 0.316 e. The SMILES string of the molecule is CCOC1CCC(NC(=O)c2nc(-c3cnc4c(c3Cl)C=CC4)no2)CC1. The summed E-state index contributed by atoms with van der Waals surface area (Å²) in [4.78, 5) is 21.0. The standard InChI is InChI=1S/C19H21ClN4O3/c1-2-26-12-8-6-11(7-9-12)22-18(25)19-23-17(24-27-19)14-10-21-15-5-3-4-13(15)16(14)20/h3-4,10-12H,2,5-9H2,1H3,(H,22,25). The Balaban J connectivity index is 1.43. The van der Waals surface area contributed by atoms with Crippen molar-refractivity contribution in [1.82, 2.24) is 20.4 Å². The lowest BCUT2D eigenvalue weighted by molar-refractivity contribution is 0.0297. The molecule has 0 saturated heterocycles. The molecule has 27 heavy (non-hydrogen) atoms. The Morgan fingerprint density at radius 2 is 2.19 bits per heavy atom. The van der Waals surface area contributed by atoms with Gasteiger partial charge in [0.15, 0.2) is 0 Å². The van der Waals surface area contributed by atoms with Crippen molar-refractivity contribution in [1.29, 1.82) is 0 Å². The first-order valence-corrected chi connectivity index (χ1v) is 9.64. The Labute approximate surface area is 162 Å². The highest BCUT2D eigenvalue weighted by Gasteiger charge is 2.26. The summed E-state index contributed by atoms with van der Waals surface area (Å²) >= 11 is 6.45. The van der Waals surface area contributed by atoms with Crippen molar-refractivity contribution < 1.29 is 14.1 Å². The maximum atomic E-state index is 12.4. The number of rotatable bonds is 5. The molecule has 1 amide bonds. The Hall–Kier alpha value is -2.25. The van der Waals surface area contributed by atoms with Gasteiger partial charge in [-0.05, 0) is 32.6 Å². The van der Waals surface area contributed by atoms with Gasteiger partial charge in [-0.2, -0.15) is 4.98 Å². The second-order valence-corrected chi connectivity index (χ2v) is 7.16. The average molecular weight is 389 g/mol. The molecular weight excluding hydrogens is 368 g/mol. The first kappa shape index (κ1) is 18.1. The highest BCUT2D eigenvalue weighted by Crippen LogP contribution is 2.33. The predicted octanol–water partition coefficient (Wildman–Crippen LogP) is 3.43. The number of carbonyl (C=O) groups excluding carboxylic acids is 1. The van der Waals surface area contributed by atoms with Gasteiger partial charge in [0.25, 0.3) is 0 Å². The van der Waals surface area contributed by atoms with Crippen LogP contribution in [0.3, 0.4) is 0 Å². The van der Waals surface area contributed by atoms with Crippen LogP contribution in [-0.4, -0.2) is 39.8 Å². The van der Waals surface area contributed by atoms with E-state index in [2.05, 4.69) is 20.4 Å². The van der Waals surface area contributed by atoms with Crippen molar-refractivity contribution >= 4 is 23.6 Å². The highest BCUT2D eigenvalue weighted by atomic mass is 35.5. The molecule has 1 N–H and O–H groups in total. The summed E-state index contributed by atoms with van der Waals surface area (Å²) in [5, 5.41) is 7.40. The van der Waals surface area contributed by atoms with E-state index in [9.17, 15) is 4.79 Å². The third-order valence-corrected chi connectivity index (χ3v) is 5.41. The fraction of sp³-hybridized carbons (Fsp3) is 0.474. The van der Waals surface area contributed by atoms with Gasteiger partial charge in [0.2, 0.25) is 5.82 Å². The summed E-state index contributed by atoms with van der Waals surface area (Å²) in [6, 6.07) is 0.0972. The number of hydrogen-bond donors (Lipinski definition) is 1. The molecule has 1 saturated carbocycles. The van der Waals surface area contributed by atoms with Gasteiger partial charge in [-0.25, -0.2) is 0 Å². The van der Waals surface area contributed by atoms with Crippen molar-refractivity contribution in [2.45, 2.75) is 51.2 Å². The lowest BCUT2D eigenvalue weighted by Gasteiger charge is -2.28. The molecule has 7 nitrogen and oxygen atoms in total. The number of pyridine rings is 1. The number of amides is 1. The predicted molar refractivity (Wildman–Crippen MR) is 100 cm³/mol. The number of hydrogen-bond acceptors (Lipinski definition) is 6. The number of nitrogens with zero attached hydrogens (tertiary/aromatic N) is 3. The van der Waals surface area contributed by atoms with Gasteiger partial charge in [-0.15, -0.1) is 0 Å². The van der Waals surface area contributed by atoms with Crippen LogP contribution in [0.5, 0.6) is 0 Å². The third-order valence-electron chi connectivity index (χ3n) is 5.00. The van der Waals surface area contributed by atoms with Gasteiger partial charge in [0.05, 0.1) is 22.4 Å². The van der Waals surface area contributed by atoms with Gasteiger partial charge >= 0.3 is 11.8 Å². The Morgan fingerprint density at radius 1 is 1.37 bits per heavy atom. The molecule has 4 rings (SSSR count). The third kappa shape index (κ3) is 3.75. The average Bonchev–Trinajstić information content (AvgIpc) is 3.33. The Bertz CT molecular complexity index is 872. The fourth-order valence-corrected chi connectivity index (χ4v) is 3.90. The van der Waals surface area contributed by atoms with Crippen LogP contribution < -0.4 is 5.32 Å². The lowest BCUT2D eigenvalue weighted by Crippen LogP contribution is -2.39. The Morgan fingerprint density at radius 3 is 2.96 bits per heavy atom. The molecule has 0 unspecified atom stereocenters. The van der Waals surface area contributed by atoms with Crippen LogP contribution >= 0.6 is 11.6 Å². The molecule has 0 bridgehead atoms. The van der Waals surface area contributed by atoms with E-state index in [0.29, 0.717) is 16.7 Å². The van der Waals surface area contributed by atoms with Gasteiger partial charge in [-0.3, -0.25) is 9.78 Å². The molecule has 0 spiro atoms. The number of carbonyl (C=O) groups is 1. The summed E-state index contributed by atoms with van der Waals surface area (Å²) in [6.45, 7) is 2.72. The van der Waals surface area contributed by atoms with Crippen LogP contribution in [0.1, 0.15) is 54.5 Å². The van der Waals surface area contributed by atoms with Crippen molar-refractivity contribution in [3.8, 4) is 11.4 Å². The van der Waals surface area contributed by atoms with Gasteiger partial charge < -0.3 is 14.6 Å². The normalized spacial score (nSPS) is 21.3. The molecular formula is C19H21ClN4O3. The summed E-state index contributed by atoms with van der Waals surface area (Å²) in [5.74, 6) is -0.163. The summed E-state index contributed by atoms with van der Waals surface area (Å²) in [5.41, 5.74) is 2.35. The van der Waals surface area contributed by atoms with Crippen molar-refractivity contribution in [3.63, 3.8) is 0 Å². The van der Waals surface area contributed by atoms with Crippen LogP contribution in [0.15, 0.2) is 16.8 Å². The second kappa shape index (κ2) is 7.78. The number of aromatic nitrogens is 3. The van der Waals surface area contributed by atoms with Crippen molar-refractivity contribution in [2.75, 3.05) is 6.61 Å². The first-order chi connectivity index (χ1) is 13.2. The molecule has 2 heterocycles. The smallest absolute Gasteiger partial charge is 0.316 e. The topological polar surface area (TPSA) is 90.1 Å². The van der Waals surface area contributed by atoms with E-state index in [1.54, 1.807) is 6.20 Å².